The van der Waals surface area contributed by atoms with Crippen LogP contribution in [0.1, 0.15) is 80.9 Å². The van der Waals surface area contributed by atoms with Crippen LogP contribution in [0.15, 0.2) is 48.5 Å². The molecule has 0 saturated carbocycles. The van der Waals surface area contributed by atoms with E-state index < -0.39 is 0 Å². The number of amides is 1. The van der Waals surface area contributed by atoms with E-state index in [4.69, 9.17) is 4.74 Å². The topological polar surface area (TPSA) is 58.6 Å². The van der Waals surface area contributed by atoms with E-state index in [0.717, 1.165) is 31.5 Å². The van der Waals surface area contributed by atoms with Crippen LogP contribution in [0.3, 0.4) is 0 Å². The van der Waals surface area contributed by atoms with E-state index in [1.165, 1.54) is 24.1 Å². The first kappa shape index (κ1) is 24.8. The van der Waals surface area contributed by atoms with Crippen LogP contribution < -0.4 is 10.2 Å². The maximum atomic E-state index is 13.0. The van der Waals surface area contributed by atoms with Crippen molar-refractivity contribution in [3.63, 3.8) is 0 Å². The van der Waals surface area contributed by atoms with Gasteiger partial charge >= 0.3 is 5.97 Å². The number of para-hydroxylation sites is 1. The van der Waals surface area contributed by atoms with Crippen LogP contribution in [-0.4, -0.2) is 31.6 Å². The van der Waals surface area contributed by atoms with Crippen LogP contribution >= 0.6 is 0 Å². The first-order chi connectivity index (χ1) is 15.8. The fourth-order valence-electron chi connectivity index (χ4n) is 4.70. The highest BCUT2D eigenvalue weighted by Crippen LogP contribution is 2.35. The maximum Gasteiger partial charge on any atom is 0.338 e. The molecule has 1 fully saturated rings. The van der Waals surface area contributed by atoms with Gasteiger partial charge in [0.2, 0.25) is 5.91 Å². The number of carbonyl (C=O) groups excluding carboxylic acids is 2. The minimum atomic E-state index is -0.339. The fourth-order valence-corrected chi connectivity index (χ4v) is 4.70. The van der Waals surface area contributed by atoms with Gasteiger partial charge in [-0.15, -0.1) is 0 Å². The predicted octanol–water partition coefficient (Wildman–Crippen LogP) is 5.69. The molecule has 3 rings (SSSR count). The zero-order valence-corrected chi connectivity index (χ0v) is 20.5. The normalized spacial score (nSPS) is 16.2. The molecule has 5 nitrogen and oxygen atoms in total. The molecule has 0 radical (unpaired) electrons. The Hall–Kier alpha value is -2.82. The summed E-state index contributed by atoms with van der Waals surface area (Å²) in [5.74, 6) is -0.347. The molecule has 0 spiro atoms. The average molecular weight is 451 g/mol. The number of piperidine rings is 1. The second-order valence-corrected chi connectivity index (χ2v) is 9.75. The zero-order chi connectivity index (χ0) is 23.8. The molecule has 0 bridgehead atoms. The van der Waals surface area contributed by atoms with Crippen molar-refractivity contribution in [3.8, 4) is 0 Å². The number of ether oxygens (including phenoxy) is 1. The Bertz CT molecular complexity index is 936. The lowest BCUT2D eigenvalue weighted by Gasteiger charge is -2.41. The summed E-state index contributed by atoms with van der Waals surface area (Å²) in [6.45, 7) is 11.0. The Morgan fingerprint density at radius 1 is 1.09 bits per heavy atom. The lowest BCUT2D eigenvalue weighted by molar-refractivity contribution is -0.121. The first-order valence-corrected chi connectivity index (χ1v) is 12.2. The Kier molecular flexibility index (Phi) is 8.54. The number of anilines is 1. The number of carbonyl (C=O) groups is 2. The van der Waals surface area contributed by atoms with Crippen LogP contribution in [0.2, 0.25) is 0 Å². The summed E-state index contributed by atoms with van der Waals surface area (Å²) >= 11 is 0. The molecule has 0 aliphatic carbocycles. The molecule has 5 heteroatoms. The van der Waals surface area contributed by atoms with E-state index in [-0.39, 0.29) is 24.3 Å². The summed E-state index contributed by atoms with van der Waals surface area (Å²) in [6, 6.07) is 15.6. The average Bonchev–Trinajstić information content (AvgIpc) is 2.79. The van der Waals surface area contributed by atoms with Crippen molar-refractivity contribution in [2.24, 2.45) is 5.41 Å². The number of hydrogen-bond donors (Lipinski definition) is 1. The van der Waals surface area contributed by atoms with Gasteiger partial charge in [0.1, 0.15) is 0 Å². The van der Waals surface area contributed by atoms with Gasteiger partial charge in [-0.25, -0.2) is 4.79 Å². The summed E-state index contributed by atoms with van der Waals surface area (Å²) in [7, 11) is 0. The van der Waals surface area contributed by atoms with Crippen molar-refractivity contribution >= 4 is 17.6 Å². The fraction of sp³-hybridized carbons (Fsp3) is 0.500. The van der Waals surface area contributed by atoms with Gasteiger partial charge in [0.15, 0.2) is 0 Å². The van der Waals surface area contributed by atoms with Crippen LogP contribution in [0.5, 0.6) is 0 Å². The zero-order valence-electron chi connectivity index (χ0n) is 20.5. The van der Waals surface area contributed by atoms with Crippen molar-refractivity contribution in [2.75, 3.05) is 24.6 Å². The molecule has 2 aromatic carbocycles. The van der Waals surface area contributed by atoms with Gasteiger partial charge in [-0.1, -0.05) is 57.5 Å². The summed E-state index contributed by atoms with van der Waals surface area (Å²) in [5, 5.41) is 3.28. The van der Waals surface area contributed by atoms with Gasteiger partial charge in [0.05, 0.1) is 24.6 Å². The Balaban J connectivity index is 1.72. The Morgan fingerprint density at radius 2 is 1.82 bits per heavy atom. The van der Waals surface area contributed by atoms with Gasteiger partial charge in [-0.2, -0.15) is 0 Å². The van der Waals surface area contributed by atoms with Crippen molar-refractivity contribution < 1.29 is 14.3 Å². The van der Waals surface area contributed by atoms with Crippen molar-refractivity contribution in [1.82, 2.24) is 5.32 Å². The number of benzene rings is 2. The van der Waals surface area contributed by atoms with Gasteiger partial charge in [0.25, 0.3) is 0 Å². The lowest BCUT2D eigenvalue weighted by atomic mass is 9.83. The third-order valence-corrected chi connectivity index (χ3v) is 6.30. The SMILES string of the molecule is CCCC(NC(=O)Cc1ccc(C(=O)OCC)cc1)c1ccccc1N1CCCC(C)(C)C1. The second kappa shape index (κ2) is 11.4. The van der Waals surface area contributed by atoms with E-state index in [1.807, 2.05) is 12.1 Å². The number of nitrogens with one attached hydrogen (secondary N) is 1. The molecule has 1 N–H and O–H groups in total. The quantitative estimate of drug-likeness (QED) is 0.499. The van der Waals surface area contributed by atoms with Crippen molar-refractivity contribution in [1.29, 1.82) is 0 Å². The lowest BCUT2D eigenvalue weighted by Crippen LogP contribution is -2.41. The molecule has 33 heavy (non-hydrogen) atoms. The minimum absolute atomic E-state index is 0.00823. The summed E-state index contributed by atoms with van der Waals surface area (Å²) < 4.78 is 5.03. The third-order valence-electron chi connectivity index (χ3n) is 6.30. The van der Waals surface area contributed by atoms with E-state index in [9.17, 15) is 9.59 Å². The molecule has 1 aliphatic rings. The van der Waals surface area contributed by atoms with Gasteiger partial charge in [-0.3, -0.25) is 4.79 Å². The van der Waals surface area contributed by atoms with Gasteiger partial charge in [-0.05, 0) is 60.9 Å². The van der Waals surface area contributed by atoms with Gasteiger partial charge in [0, 0.05) is 18.8 Å². The molecular formula is C28H38N2O3. The number of nitrogens with zero attached hydrogens (tertiary/aromatic N) is 1. The number of hydrogen-bond acceptors (Lipinski definition) is 4. The Morgan fingerprint density at radius 3 is 2.48 bits per heavy atom. The summed E-state index contributed by atoms with van der Waals surface area (Å²) in [6.07, 6.45) is 4.59. The van der Waals surface area contributed by atoms with E-state index in [0.29, 0.717) is 17.6 Å². The van der Waals surface area contributed by atoms with Crippen LogP contribution in [0.25, 0.3) is 0 Å². The summed E-state index contributed by atoms with van der Waals surface area (Å²) in [5.41, 5.74) is 4.11. The standard InChI is InChI=1S/C28H38N2O3/c1-5-10-24(23-11-7-8-12-25(23)30-18-9-17-28(3,4)20-30)29-26(31)19-21-13-15-22(16-14-21)27(32)33-6-2/h7-8,11-16,24H,5-6,9-10,17-20H2,1-4H3,(H,29,31). The van der Waals surface area contributed by atoms with Crippen LogP contribution in [0, 0.1) is 5.41 Å². The number of rotatable bonds is 9. The molecule has 2 aromatic rings. The molecule has 1 amide bonds. The van der Waals surface area contributed by atoms with Crippen molar-refractivity contribution in [2.45, 2.75) is 65.8 Å². The highest BCUT2D eigenvalue weighted by Gasteiger charge is 2.29. The van der Waals surface area contributed by atoms with Crippen LogP contribution in [-0.2, 0) is 16.0 Å². The molecule has 178 valence electrons. The highest BCUT2D eigenvalue weighted by molar-refractivity contribution is 5.89. The van der Waals surface area contributed by atoms with Crippen molar-refractivity contribution in [3.05, 3.63) is 65.2 Å². The van der Waals surface area contributed by atoms with Gasteiger partial charge < -0.3 is 15.0 Å². The smallest absolute Gasteiger partial charge is 0.338 e. The molecule has 1 aliphatic heterocycles. The number of esters is 1. The first-order valence-electron chi connectivity index (χ1n) is 12.2. The second-order valence-electron chi connectivity index (χ2n) is 9.75. The third kappa shape index (κ3) is 6.83. The minimum Gasteiger partial charge on any atom is -0.462 e. The van der Waals surface area contributed by atoms with E-state index in [1.54, 1.807) is 19.1 Å². The summed E-state index contributed by atoms with van der Waals surface area (Å²) in [4.78, 5) is 27.3. The van der Waals surface area contributed by atoms with Crippen LogP contribution in [0.4, 0.5) is 5.69 Å². The molecule has 1 heterocycles. The Labute approximate surface area is 198 Å². The molecule has 1 unspecified atom stereocenters. The molecule has 1 saturated heterocycles. The molecule has 0 aromatic heterocycles. The predicted molar refractivity (Wildman–Crippen MR) is 134 cm³/mol. The van der Waals surface area contributed by atoms with E-state index in [2.05, 4.69) is 55.3 Å². The molecule has 1 atom stereocenters. The highest BCUT2D eigenvalue weighted by atomic mass is 16.5. The van der Waals surface area contributed by atoms with E-state index >= 15 is 0 Å². The monoisotopic (exact) mass is 450 g/mol. The molecular weight excluding hydrogens is 412 g/mol. The maximum absolute atomic E-state index is 13.0. The largest absolute Gasteiger partial charge is 0.462 e.